The van der Waals surface area contributed by atoms with E-state index in [-0.39, 0.29) is 74.7 Å². The van der Waals surface area contributed by atoms with Gasteiger partial charge in [0.2, 0.25) is 0 Å². The van der Waals surface area contributed by atoms with Gasteiger partial charge in [-0.2, -0.15) is 101 Å². The van der Waals surface area contributed by atoms with E-state index in [0.717, 1.165) is 18.2 Å². The molecule has 2 heterocycles. The Bertz CT molecular complexity index is 2490. The molecule has 0 aromatic heterocycles. The fraction of sp³-hybridized carbons (Fsp3) is 0.682. The molecule has 0 radical (unpaired) electrons. The van der Waals surface area contributed by atoms with Crippen LogP contribution in [0.15, 0.2) is 80.9 Å². The molecule has 4 bridgehead atoms. The maximum absolute atomic E-state index is 16.1. The van der Waals surface area contributed by atoms with Crippen LogP contribution in [0.2, 0.25) is 0 Å². The SMILES string of the molecule is O=S(=O)(OS(C1=C(OCC23CCC(C2)C2COC23)CC(C(F)(F)F)(C(F)(F)F)C=C1)(C1=C(OCC23CCC(C2)C2COC23)CC(C(F)(F)F)(C(F)(F)F)C=C1)c1ccccc1)C(F)(F)C(F)(F)C(F)(F)C(F)(F)F. The molecule has 1 aromatic carbocycles. The van der Waals surface area contributed by atoms with Crippen molar-refractivity contribution in [3.8, 4) is 0 Å². The third-order valence-electron chi connectivity index (χ3n) is 16.4. The lowest BCUT2D eigenvalue weighted by Crippen LogP contribution is -2.63. The van der Waals surface area contributed by atoms with Gasteiger partial charge in [0, 0.05) is 40.4 Å². The van der Waals surface area contributed by atoms with Crippen LogP contribution in [0.1, 0.15) is 51.4 Å². The molecule has 6 aliphatic carbocycles. The summed E-state index contributed by atoms with van der Waals surface area (Å²) in [5.41, 5.74) is -12.9. The van der Waals surface area contributed by atoms with Gasteiger partial charge >= 0.3 is 58.1 Å². The first kappa shape index (κ1) is 55.3. The number of halogens is 21. The summed E-state index contributed by atoms with van der Waals surface area (Å²) in [4.78, 5) is -4.76. The number of ether oxygens (including phenoxy) is 4. The van der Waals surface area contributed by atoms with Crippen LogP contribution in [-0.4, -0.2) is 95.0 Å². The molecule has 7 nitrogen and oxygen atoms in total. The van der Waals surface area contributed by atoms with Crippen LogP contribution >= 0.6 is 10.3 Å². The number of hydrogen-bond donors (Lipinski definition) is 0. The molecule has 0 spiro atoms. The fourth-order valence-electron chi connectivity index (χ4n) is 12.2. The van der Waals surface area contributed by atoms with E-state index in [4.69, 9.17) is 22.6 Å². The Hall–Kier alpha value is -3.51. The van der Waals surface area contributed by atoms with Gasteiger partial charge in [-0.1, -0.05) is 30.4 Å². The van der Waals surface area contributed by atoms with Crippen LogP contribution in [0.4, 0.5) is 92.2 Å². The Morgan fingerprint density at radius 1 is 0.554 bits per heavy atom. The molecule has 74 heavy (non-hydrogen) atoms. The molecule has 4 saturated carbocycles. The molecule has 6 fully saturated rings. The predicted octanol–water partition coefficient (Wildman–Crippen LogP) is 13.8. The average molecular weight is 1140 g/mol. The summed E-state index contributed by atoms with van der Waals surface area (Å²) < 4.78 is 370. The Balaban J connectivity index is 1.36. The van der Waals surface area contributed by atoms with Crippen molar-refractivity contribution in [3.05, 3.63) is 76.0 Å². The highest BCUT2D eigenvalue weighted by atomic mass is 32.3. The molecule has 2 aliphatic heterocycles. The van der Waals surface area contributed by atoms with E-state index in [1.54, 1.807) is 0 Å². The summed E-state index contributed by atoms with van der Waals surface area (Å²) in [6.07, 6.45) is -41.7. The second-order valence-electron chi connectivity index (χ2n) is 20.2. The van der Waals surface area contributed by atoms with E-state index >= 15 is 70.2 Å². The number of hydrogen-bond acceptors (Lipinski definition) is 7. The van der Waals surface area contributed by atoms with Gasteiger partial charge in [-0.05, 0) is 85.0 Å². The van der Waals surface area contributed by atoms with E-state index in [1.807, 2.05) is 0 Å². The second kappa shape index (κ2) is 16.8. The third-order valence-corrected chi connectivity index (χ3v) is 21.7. The Morgan fingerprint density at radius 3 is 1.27 bits per heavy atom. The zero-order chi connectivity index (χ0) is 54.7. The van der Waals surface area contributed by atoms with Gasteiger partial charge in [0.25, 0.3) is 0 Å². The number of benzene rings is 1. The van der Waals surface area contributed by atoms with Crippen LogP contribution in [-0.2, 0) is 32.7 Å². The fourth-order valence-corrected chi connectivity index (χ4v) is 17.7. The third kappa shape index (κ3) is 7.61. The van der Waals surface area contributed by atoms with Crippen LogP contribution in [0.25, 0.3) is 0 Å². The lowest BCUT2D eigenvalue weighted by Gasteiger charge is -2.49. The summed E-state index contributed by atoms with van der Waals surface area (Å²) in [5, 5.41) is -7.91. The van der Waals surface area contributed by atoms with Gasteiger partial charge in [-0.25, -0.2) is 3.63 Å². The maximum Gasteiger partial charge on any atom is 0.460 e. The predicted molar refractivity (Wildman–Crippen MR) is 212 cm³/mol. The van der Waals surface area contributed by atoms with Crippen LogP contribution in [0.3, 0.4) is 0 Å². The van der Waals surface area contributed by atoms with Gasteiger partial charge in [0.1, 0.15) is 11.5 Å². The number of alkyl halides is 21. The molecule has 0 amide bonds. The highest BCUT2D eigenvalue weighted by Crippen LogP contribution is 2.77. The quantitative estimate of drug-likeness (QED) is 0.172. The molecular weight excluding hydrogens is 1100 g/mol. The largest absolute Gasteiger partial charge is 0.496 e. The minimum absolute atomic E-state index is 0.0777. The van der Waals surface area contributed by atoms with Gasteiger partial charge in [0.05, 0.1) is 48.4 Å². The summed E-state index contributed by atoms with van der Waals surface area (Å²) in [6.45, 7) is -1.73. The first-order chi connectivity index (χ1) is 33.7. The number of fused-ring (bicyclic) bond motifs is 10. The number of allylic oxidation sites excluding steroid dienone is 6. The van der Waals surface area contributed by atoms with Crippen molar-refractivity contribution in [2.45, 2.75) is 116 Å². The standard InChI is InChI=1S/C44H39F21O7S2/c45-37(46,43(61,62)63)38(47,48)44(64,65)74(66,67)72-73(24-4-2-1-3-5-24,29-8-12-35(39(49,50)51,40(52,53)54)16-27(29)70-20-33-10-6-22(14-33)25-18-68-31(25)33)30-9-13-36(41(55,56)57,42(58,59)60)17-28(30)71-21-34-11-7-23(15-34)26-19-69-32(26)34/h1-5,8-9,12-13,22-23,25-26,31-32H,6-7,10-11,14-21H2. The Morgan fingerprint density at radius 2 is 0.946 bits per heavy atom. The molecule has 0 N–H and O–H groups in total. The molecule has 30 heteroatoms. The van der Waals surface area contributed by atoms with Crippen LogP contribution in [0, 0.1) is 45.3 Å². The topological polar surface area (TPSA) is 80.3 Å². The van der Waals surface area contributed by atoms with Crippen molar-refractivity contribution in [3.63, 3.8) is 0 Å². The second-order valence-corrected chi connectivity index (χ2v) is 24.7. The lowest BCUT2D eigenvalue weighted by molar-refractivity contribution is -0.382. The monoisotopic (exact) mass is 1140 g/mol. The van der Waals surface area contributed by atoms with E-state index in [9.17, 15) is 30.4 Å². The van der Waals surface area contributed by atoms with Crippen molar-refractivity contribution in [1.82, 2.24) is 0 Å². The summed E-state index contributed by atoms with van der Waals surface area (Å²) in [6, 6.07) is 3.37. The van der Waals surface area contributed by atoms with Gasteiger partial charge in [-0.15, -0.1) is 0 Å². The highest BCUT2D eigenvalue weighted by Gasteiger charge is 2.86. The first-order valence-corrected chi connectivity index (χ1v) is 25.3. The summed E-state index contributed by atoms with van der Waals surface area (Å²) >= 11 is 0. The highest BCUT2D eigenvalue weighted by molar-refractivity contribution is 8.39. The van der Waals surface area contributed by atoms with Gasteiger partial charge in [-0.3, -0.25) is 0 Å². The van der Waals surface area contributed by atoms with Gasteiger partial charge in [0.15, 0.2) is 10.8 Å². The number of rotatable bonds is 14. The van der Waals surface area contributed by atoms with Crippen molar-refractivity contribution in [2.24, 2.45) is 45.3 Å². The minimum Gasteiger partial charge on any atom is -0.496 e. The maximum atomic E-state index is 16.1. The first-order valence-electron chi connectivity index (χ1n) is 22.4. The Labute approximate surface area is 407 Å². The van der Waals surface area contributed by atoms with E-state index in [2.05, 4.69) is 0 Å². The molecule has 8 aliphatic rings. The average Bonchev–Trinajstić information content (AvgIpc) is 3.95. The summed E-state index contributed by atoms with van der Waals surface area (Å²) in [5.74, 6) is -20.7. The lowest BCUT2D eigenvalue weighted by atomic mass is 9.75. The zero-order valence-corrected chi connectivity index (χ0v) is 38.9. The summed E-state index contributed by atoms with van der Waals surface area (Å²) in [7, 11) is -14.6. The molecule has 9 rings (SSSR count). The van der Waals surface area contributed by atoms with Crippen molar-refractivity contribution >= 4 is 20.4 Å². The van der Waals surface area contributed by atoms with E-state index in [0.29, 0.717) is 25.0 Å². The molecule has 416 valence electrons. The Kier molecular flexibility index (Phi) is 12.5. The molecular formula is C44H39F21O7S2. The molecule has 8 unspecified atom stereocenters. The molecule has 8 atom stereocenters. The van der Waals surface area contributed by atoms with Crippen molar-refractivity contribution < 1.29 is 123 Å². The van der Waals surface area contributed by atoms with Crippen LogP contribution < -0.4 is 0 Å². The molecule has 2 saturated heterocycles. The van der Waals surface area contributed by atoms with Crippen LogP contribution in [0.5, 0.6) is 0 Å². The zero-order valence-electron chi connectivity index (χ0n) is 37.3. The smallest absolute Gasteiger partial charge is 0.460 e. The van der Waals surface area contributed by atoms with Crippen molar-refractivity contribution in [1.29, 1.82) is 0 Å². The normalized spacial score (nSPS) is 33.2. The van der Waals surface area contributed by atoms with Crippen molar-refractivity contribution in [2.75, 3.05) is 26.4 Å². The minimum atomic E-state index is -8.48. The van der Waals surface area contributed by atoms with Gasteiger partial charge < -0.3 is 18.9 Å². The molecule has 1 aromatic rings. The van der Waals surface area contributed by atoms with E-state index in [1.165, 1.54) is 0 Å². The van der Waals surface area contributed by atoms with E-state index < -0.39 is 167 Å².